The molecule has 1 heteroatoms. The second-order valence-corrected chi connectivity index (χ2v) is 7.01. The predicted octanol–water partition coefficient (Wildman–Crippen LogP) is 3.53. The van der Waals surface area contributed by atoms with Crippen molar-refractivity contribution in [1.29, 1.82) is 0 Å². The molecule has 3 rings (SSSR count). The van der Waals surface area contributed by atoms with Crippen molar-refractivity contribution in [3.8, 4) is 0 Å². The van der Waals surface area contributed by atoms with Gasteiger partial charge >= 0.3 is 0 Å². The Bertz CT molecular complexity index is 356. The van der Waals surface area contributed by atoms with Crippen LogP contribution >= 0.6 is 0 Å². The van der Waals surface area contributed by atoms with Crippen molar-refractivity contribution >= 4 is 0 Å². The van der Waals surface area contributed by atoms with E-state index < -0.39 is 0 Å². The third kappa shape index (κ3) is 1.16. The molecule has 0 radical (unpaired) electrons. The molecule has 0 spiro atoms. The molecule has 3 aliphatic carbocycles. The second-order valence-electron chi connectivity index (χ2n) is 7.01. The van der Waals surface area contributed by atoms with E-state index in [0.29, 0.717) is 12.0 Å². The highest BCUT2D eigenvalue weighted by molar-refractivity contribution is 5.40. The smallest absolute Gasteiger partial charge is 0.0522 e. The van der Waals surface area contributed by atoms with Crippen LogP contribution in [0.3, 0.4) is 0 Å². The Kier molecular flexibility index (Phi) is 2.12. The molecule has 0 aromatic carbocycles. The molecular formula is C15H24O. The van der Waals surface area contributed by atoms with Gasteiger partial charge in [0.25, 0.3) is 0 Å². The van der Waals surface area contributed by atoms with Crippen molar-refractivity contribution < 1.29 is 5.11 Å². The summed E-state index contributed by atoms with van der Waals surface area (Å²) >= 11 is 0. The van der Waals surface area contributed by atoms with Crippen LogP contribution in [0.5, 0.6) is 0 Å². The summed E-state index contributed by atoms with van der Waals surface area (Å²) in [6.07, 6.45) is 6.55. The first-order valence-corrected chi connectivity index (χ1v) is 6.85. The second kappa shape index (κ2) is 3.13. The third-order valence-electron chi connectivity index (χ3n) is 5.75. The van der Waals surface area contributed by atoms with Gasteiger partial charge in [-0.05, 0) is 49.4 Å². The summed E-state index contributed by atoms with van der Waals surface area (Å²) in [6, 6.07) is 0. The van der Waals surface area contributed by atoms with Crippen molar-refractivity contribution in [3.63, 3.8) is 0 Å². The molecule has 0 heterocycles. The van der Waals surface area contributed by atoms with Crippen molar-refractivity contribution in [3.05, 3.63) is 11.1 Å². The largest absolute Gasteiger partial charge is 0.395 e. The van der Waals surface area contributed by atoms with Gasteiger partial charge in [0.1, 0.15) is 0 Å². The Morgan fingerprint density at radius 1 is 1.31 bits per heavy atom. The maximum absolute atomic E-state index is 9.74. The van der Waals surface area contributed by atoms with E-state index in [9.17, 15) is 5.11 Å². The van der Waals surface area contributed by atoms with E-state index >= 15 is 0 Å². The van der Waals surface area contributed by atoms with Crippen molar-refractivity contribution in [2.45, 2.75) is 52.9 Å². The molecule has 1 N–H and O–H groups in total. The Hall–Kier alpha value is -0.300. The molecule has 0 aromatic heterocycles. The van der Waals surface area contributed by atoms with Gasteiger partial charge in [-0.2, -0.15) is 0 Å². The molecule has 0 unspecified atom stereocenters. The minimum Gasteiger partial charge on any atom is -0.395 e. The fourth-order valence-electron chi connectivity index (χ4n) is 5.00. The molecule has 1 nitrogen and oxygen atoms in total. The van der Waals surface area contributed by atoms with Crippen LogP contribution in [0.4, 0.5) is 0 Å². The van der Waals surface area contributed by atoms with Crippen molar-refractivity contribution in [1.82, 2.24) is 0 Å². The molecule has 4 atom stereocenters. The van der Waals surface area contributed by atoms with Gasteiger partial charge in [0.2, 0.25) is 0 Å². The molecule has 0 aromatic rings. The molecule has 0 saturated heterocycles. The Labute approximate surface area is 98.9 Å². The predicted molar refractivity (Wildman–Crippen MR) is 66.1 cm³/mol. The number of aliphatic hydroxyl groups excluding tert-OH is 1. The monoisotopic (exact) mass is 220 g/mol. The van der Waals surface area contributed by atoms with Gasteiger partial charge in [0.15, 0.2) is 0 Å². The average Bonchev–Trinajstić information content (AvgIpc) is 2.68. The molecule has 16 heavy (non-hydrogen) atoms. The fraction of sp³-hybridized carbons (Fsp3) is 0.867. The number of aliphatic hydroxyl groups is 1. The third-order valence-corrected chi connectivity index (χ3v) is 5.75. The first-order valence-electron chi connectivity index (χ1n) is 6.85. The summed E-state index contributed by atoms with van der Waals surface area (Å²) in [7, 11) is 0. The maximum atomic E-state index is 9.74. The summed E-state index contributed by atoms with van der Waals surface area (Å²) in [6.45, 7) is 7.50. The van der Waals surface area contributed by atoms with E-state index in [1.807, 2.05) is 0 Å². The van der Waals surface area contributed by atoms with Crippen LogP contribution in [0.15, 0.2) is 11.1 Å². The number of hydrogen-bond donors (Lipinski definition) is 1. The molecule has 0 bridgehead atoms. The Balaban J connectivity index is 2.11. The summed E-state index contributed by atoms with van der Waals surface area (Å²) in [5.41, 5.74) is 3.98. The summed E-state index contributed by atoms with van der Waals surface area (Å²) in [5.74, 6) is 1.73. The first kappa shape index (κ1) is 10.8. The van der Waals surface area contributed by atoms with Gasteiger partial charge in [-0.1, -0.05) is 31.9 Å². The number of hydrogen-bond acceptors (Lipinski definition) is 1. The first-order chi connectivity index (χ1) is 7.50. The number of allylic oxidation sites excluding steroid dienone is 1. The van der Waals surface area contributed by atoms with Crippen LogP contribution in [0.25, 0.3) is 0 Å². The molecular weight excluding hydrogens is 196 g/mol. The molecule has 1 fully saturated rings. The van der Waals surface area contributed by atoms with E-state index in [4.69, 9.17) is 0 Å². The van der Waals surface area contributed by atoms with Crippen LogP contribution in [-0.2, 0) is 0 Å². The van der Waals surface area contributed by atoms with Gasteiger partial charge < -0.3 is 5.11 Å². The summed E-state index contributed by atoms with van der Waals surface area (Å²) in [4.78, 5) is 0. The Morgan fingerprint density at radius 2 is 2.06 bits per heavy atom. The van der Waals surface area contributed by atoms with Crippen molar-refractivity contribution in [2.24, 2.45) is 22.7 Å². The number of rotatable bonds is 1. The SMILES string of the molecule is C[C@@H]1CCC2=C3[C@H]1CC[C@@]3(C)C[C@@]2(C)CO. The fourth-order valence-corrected chi connectivity index (χ4v) is 5.00. The minimum atomic E-state index is 0.114. The average molecular weight is 220 g/mol. The maximum Gasteiger partial charge on any atom is 0.0522 e. The van der Waals surface area contributed by atoms with E-state index in [-0.39, 0.29) is 5.41 Å². The van der Waals surface area contributed by atoms with Gasteiger partial charge in [-0.15, -0.1) is 0 Å². The molecule has 0 amide bonds. The zero-order chi connectivity index (χ0) is 11.6. The molecule has 1 saturated carbocycles. The topological polar surface area (TPSA) is 20.2 Å². The molecule has 90 valence electrons. The normalized spacial score (nSPS) is 51.0. The highest BCUT2D eigenvalue weighted by Crippen LogP contribution is 2.66. The summed E-state index contributed by atoms with van der Waals surface area (Å²) in [5, 5.41) is 9.74. The van der Waals surface area contributed by atoms with Crippen LogP contribution in [-0.4, -0.2) is 11.7 Å². The van der Waals surface area contributed by atoms with Gasteiger partial charge in [0, 0.05) is 5.41 Å². The van der Waals surface area contributed by atoms with Crippen molar-refractivity contribution in [2.75, 3.05) is 6.61 Å². The van der Waals surface area contributed by atoms with E-state index in [2.05, 4.69) is 20.8 Å². The standard InChI is InChI=1S/C15H24O/c1-10-4-5-12-13-11(10)6-7-14(13,2)8-15(12,3)9-16/h10-11,16H,4-9H2,1-3H3/t10-,11+,14+,15+/m1/s1. The molecule has 3 aliphatic rings. The van der Waals surface area contributed by atoms with Crippen LogP contribution < -0.4 is 0 Å². The highest BCUT2D eigenvalue weighted by Gasteiger charge is 2.55. The van der Waals surface area contributed by atoms with Crippen LogP contribution in [0, 0.1) is 22.7 Å². The van der Waals surface area contributed by atoms with E-state index in [1.165, 1.54) is 32.1 Å². The Morgan fingerprint density at radius 3 is 2.75 bits per heavy atom. The zero-order valence-corrected chi connectivity index (χ0v) is 10.8. The van der Waals surface area contributed by atoms with Gasteiger partial charge in [-0.25, -0.2) is 0 Å². The lowest BCUT2D eigenvalue weighted by molar-refractivity contribution is 0.141. The lowest BCUT2D eigenvalue weighted by Gasteiger charge is -2.33. The minimum absolute atomic E-state index is 0.114. The lowest BCUT2D eigenvalue weighted by Crippen LogP contribution is -2.26. The quantitative estimate of drug-likeness (QED) is 0.670. The summed E-state index contributed by atoms with van der Waals surface area (Å²) < 4.78 is 0. The van der Waals surface area contributed by atoms with E-state index in [0.717, 1.165) is 11.8 Å². The van der Waals surface area contributed by atoms with Crippen LogP contribution in [0.2, 0.25) is 0 Å². The highest BCUT2D eigenvalue weighted by atomic mass is 16.3. The lowest BCUT2D eigenvalue weighted by atomic mass is 9.72. The zero-order valence-electron chi connectivity index (χ0n) is 10.8. The van der Waals surface area contributed by atoms with Crippen LogP contribution in [0.1, 0.15) is 52.9 Å². The van der Waals surface area contributed by atoms with Gasteiger partial charge in [0.05, 0.1) is 6.61 Å². The van der Waals surface area contributed by atoms with E-state index in [1.54, 1.807) is 11.1 Å². The molecule has 0 aliphatic heterocycles. The van der Waals surface area contributed by atoms with Gasteiger partial charge in [-0.3, -0.25) is 0 Å².